The monoisotopic (exact) mass is 646 g/mol. The highest BCUT2D eigenvalue weighted by atomic mass is 35.5. The summed E-state index contributed by atoms with van der Waals surface area (Å²) in [6, 6.07) is 31.6. The molecule has 9 nitrogen and oxygen atoms in total. The van der Waals surface area contributed by atoms with E-state index in [1.54, 1.807) is 53.5 Å². The van der Waals surface area contributed by atoms with Gasteiger partial charge in [0.05, 0.1) is 22.8 Å². The molecule has 0 saturated heterocycles. The van der Waals surface area contributed by atoms with Gasteiger partial charge in [0.25, 0.3) is 0 Å². The molecule has 0 aliphatic carbocycles. The van der Waals surface area contributed by atoms with Gasteiger partial charge in [0, 0.05) is 36.8 Å². The molecule has 1 N–H and O–H groups in total. The zero-order chi connectivity index (χ0) is 31.8. The lowest BCUT2D eigenvalue weighted by Crippen LogP contribution is -2.19. The quantitative estimate of drug-likeness (QED) is 0.137. The van der Waals surface area contributed by atoms with Gasteiger partial charge in [0.1, 0.15) is 22.6 Å². The molecule has 7 rings (SSSR count). The Bertz CT molecular complexity index is 2160. The van der Waals surface area contributed by atoms with Gasteiger partial charge in [-0.3, -0.25) is 0 Å². The number of nitrogens with zero attached hydrogens (tertiary/aromatic N) is 6. The highest BCUT2D eigenvalue weighted by Crippen LogP contribution is 2.46. The first kappa shape index (κ1) is 29.4. The number of para-hydroxylation sites is 1. The zero-order valence-electron chi connectivity index (χ0n) is 24.8. The second-order valence-corrected chi connectivity index (χ2v) is 12.3. The Labute approximate surface area is 273 Å². The van der Waals surface area contributed by atoms with E-state index >= 15 is 0 Å². The standard InChI is InChI=1S/C35H27ClN6O3S/c1-41(2)25-18-12-21(13-19-25)28-20-27(30-32(43)26-10-6-7-11-29(26)45-34(30)44)40-42(28)35-37-31(22-8-4-3-5-9-22)33(46-35)39-38-24-16-14-23(36)15-17-24/h3-19,28,43H,20H2,1-2H3. The Hall–Kier alpha value is -5.32. The van der Waals surface area contributed by atoms with Crippen LogP contribution in [-0.2, 0) is 0 Å². The van der Waals surface area contributed by atoms with Crippen LogP contribution >= 0.6 is 22.9 Å². The molecule has 6 aromatic rings. The van der Waals surface area contributed by atoms with Crippen LogP contribution < -0.4 is 15.5 Å². The predicted molar refractivity (Wildman–Crippen MR) is 184 cm³/mol. The van der Waals surface area contributed by atoms with Gasteiger partial charge in [-0.05, 0) is 54.1 Å². The molecule has 4 aromatic carbocycles. The van der Waals surface area contributed by atoms with Crippen molar-refractivity contribution in [3.63, 3.8) is 0 Å². The number of azo groups is 1. The van der Waals surface area contributed by atoms with Crippen LogP contribution in [0, 0.1) is 0 Å². The fourth-order valence-corrected chi connectivity index (χ4v) is 6.38. The number of rotatable bonds is 7. The molecule has 3 heterocycles. The maximum Gasteiger partial charge on any atom is 0.349 e. The van der Waals surface area contributed by atoms with Crippen LogP contribution in [0.15, 0.2) is 128 Å². The van der Waals surface area contributed by atoms with Gasteiger partial charge in [-0.15, -0.1) is 10.2 Å². The van der Waals surface area contributed by atoms with Crippen molar-refractivity contribution in [1.82, 2.24) is 4.98 Å². The molecule has 0 radical (unpaired) electrons. The van der Waals surface area contributed by atoms with Crippen LogP contribution in [0.5, 0.6) is 5.75 Å². The average Bonchev–Trinajstić information content (AvgIpc) is 3.70. The number of anilines is 2. The topological polar surface area (TPSA) is 107 Å². The summed E-state index contributed by atoms with van der Waals surface area (Å²) in [5, 5.41) is 29.3. The third-order valence-electron chi connectivity index (χ3n) is 7.70. The molecule has 0 fully saturated rings. The summed E-state index contributed by atoms with van der Waals surface area (Å²) in [7, 11) is 3.97. The maximum absolute atomic E-state index is 13.3. The van der Waals surface area contributed by atoms with Crippen molar-refractivity contribution in [2.75, 3.05) is 24.0 Å². The molecule has 1 atom stereocenters. The fraction of sp³-hybridized carbons (Fsp3) is 0.114. The van der Waals surface area contributed by atoms with Gasteiger partial charge >= 0.3 is 5.63 Å². The first-order valence-electron chi connectivity index (χ1n) is 14.5. The summed E-state index contributed by atoms with van der Waals surface area (Å²) in [5.74, 6) is -0.157. The number of aromatic nitrogens is 1. The van der Waals surface area contributed by atoms with E-state index in [2.05, 4.69) is 10.2 Å². The van der Waals surface area contributed by atoms with E-state index < -0.39 is 5.63 Å². The molecule has 1 unspecified atom stereocenters. The Balaban J connectivity index is 1.36. The van der Waals surface area contributed by atoms with Crippen LogP contribution in [0.25, 0.3) is 22.2 Å². The number of benzene rings is 4. The van der Waals surface area contributed by atoms with Gasteiger partial charge in [-0.1, -0.05) is 77.5 Å². The molecule has 0 saturated carbocycles. The average molecular weight is 647 g/mol. The van der Waals surface area contributed by atoms with Crippen molar-refractivity contribution in [2.24, 2.45) is 15.3 Å². The molecule has 11 heteroatoms. The van der Waals surface area contributed by atoms with E-state index in [1.807, 2.05) is 73.6 Å². The third kappa shape index (κ3) is 5.64. The molecule has 2 aromatic heterocycles. The summed E-state index contributed by atoms with van der Waals surface area (Å²) in [5.41, 5.74) is 4.29. The van der Waals surface area contributed by atoms with Crippen molar-refractivity contribution < 1.29 is 9.52 Å². The summed E-state index contributed by atoms with van der Waals surface area (Å²) >= 11 is 7.40. The van der Waals surface area contributed by atoms with Crippen LogP contribution in [0.3, 0.4) is 0 Å². The molecular weight excluding hydrogens is 620 g/mol. The van der Waals surface area contributed by atoms with Crippen molar-refractivity contribution >= 4 is 61.1 Å². The first-order valence-corrected chi connectivity index (χ1v) is 15.7. The second-order valence-electron chi connectivity index (χ2n) is 10.9. The predicted octanol–water partition coefficient (Wildman–Crippen LogP) is 9.11. The van der Waals surface area contributed by atoms with Crippen LogP contribution in [0.2, 0.25) is 5.02 Å². The molecule has 1 aliphatic rings. The highest BCUT2D eigenvalue weighted by molar-refractivity contribution is 7.19. The summed E-state index contributed by atoms with van der Waals surface area (Å²) in [6.07, 6.45) is 0.333. The normalized spacial score (nSPS) is 14.7. The Morgan fingerprint density at radius 1 is 0.935 bits per heavy atom. The molecule has 0 bridgehead atoms. The van der Waals surface area contributed by atoms with E-state index in [-0.39, 0.29) is 17.4 Å². The van der Waals surface area contributed by atoms with Gasteiger partial charge in [0.2, 0.25) is 5.13 Å². The van der Waals surface area contributed by atoms with E-state index in [9.17, 15) is 9.90 Å². The van der Waals surface area contributed by atoms with E-state index in [1.165, 1.54) is 11.3 Å². The number of fused-ring (bicyclic) bond motifs is 1. The van der Waals surface area contributed by atoms with Crippen molar-refractivity contribution in [3.8, 4) is 17.0 Å². The lowest BCUT2D eigenvalue weighted by Gasteiger charge is -2.22. The van der Waals surface area contributed by atoms with Crippen molar-refractivity contribution in [1.29, 1.82) is 0 Å². The molecule has 1 aliphatic heterocycles. The number of thiazole rings is 1. The number of hydrazone groups is 1. The Kier molecular flexibility index (Phi) is 7.81. The maximum atomic E-state index is 13.3. The van der Waals surface area contributed by atoms with Crippen molar-refractivity contribution in [3.05, 3.63) is 130 Å². The largest absolute Gasteiger partial charge is 0.506 e. The Morgan fingerprint density at radius 3 is 2.39 bits per heavy atom. The molecule has 0 amide bonds. The smallest absolute Gasteiger partial charge is 0.349 e. The number of hydrogen-bond donors (Lipinski definition) is 1. The van der Waals surface area contributed by atoms with Crippen LogP contribution in [0.1, 0.15) is 23.6 Å². The zero-order valence-corrected chi connectivity index (χ0v) is 26.4. The molecular formula is C35H27ClN6O3S. The van der Waals surface area contributed by atoms with E-state index in [0.717, 1.165) is 16.8 Å². The third-order valence-corrected chi connectivity index (χ3v) is 8.88. The van der Waals surface area contributed by atoms with Gasteiger partial charge < -0.3 is 14.4 Å². The number of aromatic hydroxyl groups is 1. The Morgan fingerprint density at radius 2 is 1.65 bits per heavy atom. The summed E-state index contributed by atoms with van der Waals surface area (Å²) < 4.78 is 5.60. The van der Waals surface area contributed by atoms with Gasteiger partial charge in [-0.25, -0.2) is 14.8 Å². The lowest BCUT2D eigenvalue weighted by molar-refractivity contribution is 0.466. The second kappa shape index (κ2) is 12.2. The summed E-state index contributed by atoms with van der Waals surface area (Å²) in [4.78, 5) is 20.3. The van der Waals surface area contributed by atoms with Gasteiger partial charge in [0.15, 0.2) is 5.00 Å². The first-order chi connectivity index (χ1) is 22.4. The minimum absolute atomic E-state index is 0.0404. The summed E-state index contributed by atoms with van der Waals surface area (Å²) in [6.45, 7) is 0. The van der Waals surface area contributed by atoms with E-state index in [0.29, 0.717) is 49.6 Å². The number of hydrogen-bond acceptors (Lipinski definition) is 10. The fourth-order valence-electron chi connectivity index (χ4n) is 5.34. The van der Waals surface area contributed by atoms with Crippen LogP contribution in [0.4, 0.5) is 21.5 Å². The molecule has 46 heavy (non-hydrogen) atoms. The molecule has 0 spiro atoms. The minimum Gasteiger partial charge on any atom is -0.506 e. The SMILES string of the molecule is CN(C)c1ccc(C2CC(c3c(O)c4ccccc4oc3=O)=NN2c2nc(-c3ccccc3)c(N=Nc3ccc(Cl)cc3)s2)cc1. The van der Waals surface area contributed by atoms with Crippen molar-refractivity contribution in [2.45, 2.75) is 12.5 Å². The van der Waals surface area contributed by atoms with Gasteiger partial charge in [-0.2, -0.15) is 5.10 Å². The molecule has 228 valence electrons. The minimum atomic E-state index is -0.653. The lowest BCUT2D eigenvalue weighted by atomic mass is 9.98. The van der Waals surface area contributed by atoms with E-state index in [4.69, 9.17) is 26.1 Å². The number of halogens is 1. The highest BCUT2D eigenvalue weighted by Gasteiger charge is 2.35. The van der Waals surface area contributed by atoms with Crippen LogP contribution in [-0.4, -0.2) is 29.9 Å².